The SMILES string of the molecule is CC1CC(C)CN(C(=O)COC(=O)C2CC2[N+](=O)[O-])C1. The first-order valence-electron chi connectivity index (χ1n) is 6.96. The lowest BCUT2D eigenvalue weighted by atomic mass is 9.92. The van der Waals surface area contributed by atoms with Crippen molar-refractivity contribution in [2.45, 2.75) is 32.7 Å². The molecule has 0 aromatic carbocycles. The number of amides is 1. The van der Waals surface area contributed by atoms with E-state index < -0.39 is 22.9 Å². The van der Waals surface area contributed by atoms with E-state index >= 15 is 0 Å². The largest absolute Gasteiger partial charge is 0.455 e. The van der Waals surface area contributed by atoms with E-state index in [1.165, 1.54) is 0 Å². The van der Waals surface area contributed by atoms with E-state index in [1.54, 1.807) is 4.90 Å². The highest BCUT2D eigenvalue weighted by Gasteiger charge is 2.54. The third-order valence-electron chi connectivity index (χ3n) is 3.89. The van der Waals surface area contributed by atoms with Crippen LogP contribution in [0.1, 0.15) is 26.7 Å². The molecule has 0 aromatic heterocycles. The summed E-state index contributed by atoms with van der Waals surface area (Å²) in [4.78, 5) is 35.2. The molecule has 0 aromatic rings. The van der Waals surface area contributed by atoms with Crippen molar-refractivity contribution in [2.24, 2.45) is 17.8 Å². The molecule has 1 heterocycles. The second-order valence-corrected chi connectivity index (χ2v) is 6.05. The zero-order valence-corrected chi connectivity index (χ0v) is 11.8. The molecule has 7 heteroatoms. The molecule has 0 radical (unpaired) electrons. The highest BCUT2D eigenvalue weighted by molar-refractivity contribution is 5.82. The minimum absolute atomic E-state index is 0.213. The van der Waals surface area contributed by atoms with Gasteiger partial charge in [-0.3, -0.25) is 19.7 Å². The summed E-state index contributed by atoms with van der Waals surface area (Å²) in [5, 5.41) is 10.5. The van der Waals surface area contributed by atoms with Crippen LogP contribution in [0.2, 0.25) is 0 Å². The summed E-state index contributed by atoms with van der Waals surface area (Å²) in [7, 11) is 0. The van der Waals surface area contributed by atoms with E-state index in [1.807, 2.05) is 0 Å². The van der Waals surface area contributed by atoms with Crippen LogP contribution >= 0.6 is 0 Å². The Labute approximate surface area is 117 Å². The van der Waals surface area contributed by atoms with Gasteiger partial charge in [-0.2, -0.15) is 0 Å². The molecule has 0 N–H and O–H groups in total. The zero-order chi connectivity index (χ0) is 14.9. The number of likely N-dealkylation sites (tertiary alicyclic amines) is 1. The molecular weight excluding hydrogens is 264 g/mol. The highest BCUT2D eigenvalue weighted by atomic mass is 16.6. The first-order chi connectivity index (χ1) is 9.38. The van der Waals surface area contributed by atoms with Gasteiger partial charge in [-0.25, -0.2) is 0 Å². The molecule has 4 unspecified atom stereocenters. The van der Waals surface area contributed by atoms with Crippen LogP contribution < -0.4 is 0 Å². The fraction of sp³-hybridized carbons (Fsp3) is 0.846. The van der Waals surface area contributed by atoms with E-state index in [0.29, 0.717) is 24.9 Å². The van der Waals surface area contributed by atoms with E-state index in [9.17, 15) is 19.7 Å². The summed E-state index contributed by atoms with van der Waals surface area (Å²) in [6, 6.07) is -0.826. The summed E-state index contributed by atoms with van der Waals surface area (Å²) in [5.74, 6) is -0.619. The molecule has 2 rings (SSSR count). The van der Waals surface area contributed by atoms with Crippen LogP contribution in [0.4, 0.5) is 0 Å². The number of carbonyl (C=O) groups is 2. The van der Waals surface area contributed by atoms with Crippen molar-refractivity contribution in [3.63, 3.8) is 0 Å². The summed E-state index contributed by atoms with van der Waals surface area (Å²) in [5.41, 5.74) is 0. The van der Waals surface area contributed by atoms with Gasteiger partial charge in [0, 0.05) is 24.4 Å². The Morgan fingerprint density at radius 2 is 1.85 bits per heavy atom. The number of nitrogens with zero attached hydrogens (tertiary/aromatic N) is 2. The fourth-order valence-electron chi connectivity index (χ4n) is 2.87. The van der Waals surface area contributed by atoms with Crippen LogP contribution in [0.25, 0.3) is 0 Å². The van der Waals surface area contributed by atoms with Crippen LogP contribution in [-0.2, 0) is 14.3 Å². The quantitative estimate of drug-likeness (QED) is 0.430. The third-order valence-corrected chi connectivity index (χ3v) is 3.89. The zero-order valence-electron chi connectivity index (χ0n) is 11.8. The van der Waals surface area contributed by atoms with Crippen molar-refractivity contribution < 1.29 is 19.2 Å². The van der Waals surface area contributed by atoms with Gasteiger partial charge >= 0.3 is 5.97 Å². The second-order valence-electron chi connectivity index (χ2n) is 6.05. The average molecular weight is 284 g/mol. The normalized spacial score (nSPS) is 32.6. The minimum Gasteiger partial charge on any atom is -0.455 e. The molecule has 7 nitrogen and oxygen atoms in total. The van der Waals surface area contributed by atoms with Crippen molar-refractivity contribution >= 4 is 11.9 Å². The Kier molecular flexibility index (Phi) is 4.25. The molecule has 0 spiro atoms. The molecule has 2 aliphatic rings. The molecule has 1 saturated carbocycles. The standard InChI is InChI=1S/C13H20N2O5/c1-8-3-9(2)6-14(5-8)12(16)7-20-13(17)10-4-11(10)15(18)19/h8-11H,3-7H2,1-2H3. The molecular formula is C13H20N2O5. The van der Waals surface area contributed by atoms with Gasteiger partial charge in [-0.05, 0) is 18.3 Å². The topological polar surface area (TPSA) is 89.8 Å². The molecule has 1 saturated heterocycles. The predicted octanol–water partition coefficient (Wildman–Crippen LogP) is 0.699. The van der Waals surface area contributed by atoms with Crippen LogP contribution in [0.3, 0.4) is 0 Å². The molecule has 4 atom stereocenters. The number of piperidine rings is 1. The lowest BCUT2D eigenvalue weighted by molar-refractivity contribution is -0.497. The van der Waals surface area contributed by atoms with Crippen LogP contribution in [-0.4, -0.2) is 47.4 Å². The van der Waals surface area contributed by atoms with Crippen molar-refractivity contribution in [3.05, 3.63) is 10.1 Å². The number of esters is 1. The van der Waals surface area contributed by atoms with Crippen molar-refractivity contribution in [1.29, 1.82) is 0 Å². The van der Waals surface area contributed by atoms with Gasteiger partial charge in [0.25, 0.3) is 5.91 Å². The Bertz CT molecular complexity index is 415. The first-order valence-corrected chi connectivity index (χ1v) is 6.96. The Hall–Kier alpha value is -1.66. The molecule has 1 aliphatic carbocycles. The molecule has 2 fully saturated rings. The summed E-state index contributed by atoms with van der Waals surface area (Å²) in [6.07, 6.45) is 1.31. The number of nitro groups is 1. The lowest BCUT2D eigenvalue weighted by Gasteiger charge is -2.34. The molecule has 1 aliphatic heterocycles. The van der Waals surface area contributed by atoms with Crippen molar-refractivity contribution in [2.75, 3.05) is 19.7 Å². The number of carbonyl (C=O) groups excluding carboxylic acids is 2. The first kappa shape index (κ1) is 14.7. The minimum atomic E-state index is -0.826. The maximum Gasteiger partial charge on any atom is 0.316 e. The lowest BCUT2D eigenvalue weighted by Crippen LogP contribution is -2.44. The van der Waals surface area contributed by atoms with Crippen LogP contribution in [0.5, 0.6) is 0 Å². The number of hydrogen-bond acceptors (Lipinski definition) is 5. The Balaban J connectivity index is 1.75. The molecule has 0 bridgehead atoms. The van der Waals surface area contributed by atoms with Gasteiger partial charge in [-0.1, -0.05) is 13.8 Å². The summed E-state index contributed by atoms with van der Waals surface area (Å²) >= 11 is 0. The van der Waals surface area contributed by atoms with Gasteiger partial charge in [0.1, 0.15) is 5.92 Å². The van der Waals surface area contributed by atoms with E-state index in [-0.39, 0.29) is 18.9 Å². The molecule has 1 amide bonds. The average Bonchev–Trinajstić information content (AvgIpc) is 3.14. The molecule has 112 valence electrons. The van der Waals surface area contributed by atoms with Crippen molar-refractivity contribution in [1.82, 2.24) is 4.90 Å². The van der Waals surface area contributed by atoms with E-state index in [4.69, 9.17) is 4.74 Å². The Morgan fingerprint density at radius 3 is 2.35 bits per heavy atom. The monoisotopic (exact) mass is 284 g/mol. The third kappa shape index (κ3) is 3.46. The van der Waals surface area contributed by atoms with Gasteiger partial charge in [0.2, 0.25) is 6.04 Å². The number of ether oxygens (including phenoxy) is 1. The van der Waals surface area contributed by atoms with Gasteiger partial charge in [-0.15, -0.1) is 0 Å². The van der Waals surface area contributed by atoms with E-state index in [2.05, 4.69) is 13.8 Å². The number of hydrogen-bond donors (Lipinski definition) is 0. The fourth-order valence-corrected chi connectivity index (χ4v) is 2.87. The van der Waals surface area contributed by atoms with Gasteiger partial charge in [0.15, 0.2) is 6.61 Å². The van der Waals surface area contributed by atoms with Crippen LogP contribution in [0.15, 0.2) is 0 Å². The predicted molar refractivity (Wildman–Crippen MR) is 69.4 cm³/mol. The molecule has 20 heavy (non-hydrogen) atoms. The van der Waals surface area contributed by atoms with E-state index in [0.717, 1.165) is 6.42 Å². The number of rotatable bonds is 4. The smallest absolute Gasteiger partial charge is 0.316 e. The maximum atomic E-state index is 12.0. The van der Waals surface area contributed by atoms with Crippen molar-refractivity contribution in [3.8, 4) is 0 Å². The summed E-state index contributed by atoms with van der Waals surface area (Å²) < 4.78 is 4.90. The van der Waals surface area contributed by atoms with Gasteiger partial charge < -0.3 is 9.64 Å². The highest BCUT2D eigenvalue weighted by Crippen LogP contribution is 2.34. The summed E-state index contributed by atoms with van der Waals surface area (Å²) in [6.45, 7) is 5.24. The van der Waals surface area contributed by atoms with Gasteiger partial charge in [0.05, 0.1) is 0 Å². The Morgan fingerprint density at radius 1 is 1.25 bits per heavy atom. The second kappa shape index (κ2) is 5.76. The van der Waals surface area contributed by atoms with Crippen LogP contribution in [0, 0.1) is 27.9 Å². The maximum absolute atomic E-state index is 12.0.